The molecule has 0 atom stereocenters. The van der Waals surface area contributed by atoms with Crippen molar-refractivity contribution in [1.29, 1.82) is 0 Å². The molecule has 0 aromatic carbocycles. The first-order valence-corrected chi connectivity index (χ1v) is 5.80. The predicted octanol–water partition coefficient (Wildman–Crippen LogP) is 2.03. The minimum Gasteiger partial charge on any atom is -0.244 e. The van der Waals surface area contributed by atoms with Crippen LogP contribution in [0.1, 0.15) is 11.1 Å². The van der Waals surface area contributed by atoms with Crippen molar-refractivity contribution in [3.05, 3.63) is 22.6 Å². The molecule has 0 aliphatic rings. The molecule has 0 bridgehead atoms. The van der Waals surface area contributed by atoms with Crippen LogP contribution in [0.5, 0.6) is 0 Å². The monoisotopic (exact) mass is 255 g/mol. The average molecular weight is 256 g/mol. The Hall–Kier alpha value is -1.14. The van der Waals surface area contributed by atoms with Gasteiger partial charge in [0.1, 0.15) is 11.4 Å². The SMILES string of the molecule is Cc1c(Cl)nnc(Sc2ncnn2C)c1C. The molecule has 0 aliphatic carbocycles. The van der Waals surface area contributed by atoms with Crippen LogP contribution in [0.25, 0.3) is 0 Å². The minimum absolute atomic E-state index is 0.444. The Morgan fingerprint density at radius 2 is 2.00 bits per heavy atom. The van der Waals surface area contributed by atoms with Crippen molar-refractivity contribution in [3.8, 4) is 0 Å². The van der Waals surface area contributed by atoms with Gasteiger partial charge in [-0.2, -0.15) is 5.10 Å². The first kappa shape index (κ1) is 11.3. The van der Waals surface area contributed by atoms with Gasteiger partial charge in [-0.05, 0) is 36.7 Å². The number of hydrogen-bond acceptors (Lipinski definition) is 5. The molecule has 84 valence electrons. The van der Waals surface area contributed by atoms with E-state index in [1.165, 1.54) is 18.1 Å². The third-order valence-corrected chi connectivity index (χ3v) is 3.77. The molecule has 0 spiro atoms. The maximum atomic E-state index is 5.88. The lowest BCUT2D eigenvalue weighted by Crippen LogP contribution is -1.98. The Labute approximate surface area is 102 Å². The lowest BCUT2D eigenvalue weighted by Gasteiger charge is -2.06. The highest BCUT2D eigenvalue weighted by molar-refractivity contribution is 7.99. The summed E-state index contributed by atoms with van der Waals surface area (Å²) in [4.78, 5) is 4.12. The maximum absolute atomic E-state index is 5.88. The standard InChI is InChI=1S/C9H10ClN5S/c1-5-6(2)8(14-13-7(5)10)16-9-11-4-12-15(9)3/h4H,1-3H3. The Bertz CT molecular complexity index is 525. The third-order valence-electron chi connectivity index (χ3n) is 2.28. The van der Waals surface area contributed by atoms with Gasteiger partial charge in [0.25, 0.3) is 0 Å². The summed E-state index contributed by atoms with van der Waals surface area (Å²) in [5, 5.41) is 14.0. The van der Waals surface area contributed by atoms with Crippen molar-refractivity contribution in [3.63, 3.8) is 0 Å². The van der Waals surface area contributed by atoms with Crippen LogP contribution in [0.15, 0.2) is 16.5 Å². The highest BCUT2D eigenvalue weighted by Crippen LogP contribution is 2.29. The van der Waals surface area contributed by atoms with Crippen molar-refractivity contribution >= 4 is 23.4 Å². The van der Waals surface area contributed by atoms with E-state index in [1.807, 2.05) is 20.9 Å². The van der Waals surface area contributed by atoms with Gasteiger partial charge in [-0.15, -0.1) is 10.2 Å². The molecule has 2 heterocycles. The van der Waals surface area contributed by atoms with Crippen molar-refractivity contribution in [2.75, 3.05) is 0 Å². The molecule has 0 radical (unpaired) electrons. The number of nitrogens with zero attached hydrogens (tertiary/aromatic N) is 5. The summed E-state index contributed by atoms with van der Waals surface area (Å²) in [6.07, 6.45) is 1.51. The van der Waals surface area contributed by atoms with Crippen LogP contribution in [0.3, 0.4) is 0 Å². The summed E-state index contributed by atoms with van der Waals surface area (Å²) < 4.78 is 1.69. The van der Waals surface area contributed by atoms with E-state index in [0.29, 0.717) is 5.15 Å². The molecule has 0 saturated carbocycles. The molecular weight excluding hydrogens is 246 g/mol. The van der Waals surface area contributed by atoms with E-state index in [-0.39, 0.29) is 0 Å². The number of aromatic nitrogens is 5. The van der Waals surface area contributed by atoms with Crippen molar-refractivity contribution in [2.45, 2.75) is 24.0 Å². The van der Waals surface area contributed by atoms with Crippen molar-refractivity contribution in [1.82, 2.24) is 25.0 Å². The molecule has 0 saturated heterocycles. The molecule has 0 unspecified atom stereocenters. The van der Waals surface area contributed by atoms with Gasteiger partial charge < -0.3 is 0 Å². The summed E-state index contributed by atoms with van der Waals surface area (Å²) in [6.45, 7) is 3.89. The normalized spacial score (nSPS) is 10.8. The summed E-state index contributed by atoms with van der Waals surface area (Å²) in [5.74, 6) is 0. The molecule has 0 aliphatic heterocycles. The Morgan fingerprint density at radius 1 is 1.25 bits per heavy atom. The summed E-state index contributed by atoms with van der Waals surface area (Å²) in [7, 11) is 1.83. The second kappa shape index (κ2) is 4.39. The Morgan fingerprint density at radius 3 is 2.62 bits per heavy atom. The number of hydrogen-bond donors (Lipinski definition) is 0. The molecule has 0 amide bonds. The first-order valence-electron chi connectivity index (χ1n) is 4.61. The van der Waals surface area contributed by atoms with E-state index in [4.69, 9.17) is 11.6 Å². The van der Waals surface area contributed by atoms with Crippen LogP contribution in [0.2, 0.25) is 5.15 Å². The highest BCUT2D eigenvalue weighted by atomic mass is 35.5. The van der Waals surface area contributed by atoms with E-state index >= 15 is 0 Å². The van der Waals surface area contributed by atoms with Crippen molar-refractivity contribution in [2.24, 2.45) is 7.05 Å². The highest BCUT2D eigenvalue weighted by Gasteiger charge is 2.11. The molecular formula is C9H10ClN5S. The van der Waals surface area contributed by atoms with Gasteiger partial charge in [0.05, 0.1) is 0 Å². The van der Waals surface area contributed by atoms with Gasteiger partial charge in [-0.25, -0.2) is 9.67 Å². The Balaban J connectivity index is 2.36. The minimum atomic E-state index is 0.444. The zero-order valence-electron chi connectivity index (χ0n) is 9.10. The summed E-state index contributed by atoms with van der Waals surface area (Å²) >= 11 is 7.31. The number of halogens is 1. The van der Waals surface area contributed by atoms with Crippen LogP contribution in [-0.2, 0) is 7.05 Å². The fourth-order valence-electron chi connectivity index (χ4n) is 1.12. The van der Waals surface area contributed by atoms with E-state index in [9.17, 15) is 0 Å². The van der Waals surface area contributed by atoms with Gasteiger partial charge in [0.15, 0.2) is 10.3 Å². The number of aryl methyl sites for hydroxylation is 1. The van der Waals surface area contributed by atoms with Crippen LogP contribution in [0, 0.1) is 13.8 Å². The predicted molar refractivity (Wildman–Crippen MR) is 61.6 cm³/mol. The molecule has 0 fully saturated rings. The number of rotatable bonds is 2. The third kappa shape index (κ3) is 2.03. The molecule has 2 rings (SSSR count). The lowest BCUT2D eigenvalue weighted by molar-refractivity contribution is 0.683. The maximum Gasteiger partial charge on any atom is 0.192 e. The fourth-order valence-corrected chi connectivity index (χ4v) is 2.14. The van der Waals surface area contributed by atoms with Crippen LogP contribution < -0.4 is 0 Å². The average Bonchev–Trinajstić information content (AvgIpc) is 2.65. The zero-order chi connectivity index (χ0) is 11.7. The van der Waals surface area contributed by atoms with E-state index in [1.54, 1.807) is 4.68 Å². The molecule has 0 N–H and O–H groups in total. The van der Waals surface area contributed by atoms with Gasteiger partial charge >= 0.3 is 0 Å². The molecule has 7 heteroatoms. The van der Waals surface area contributed by atoms with Crippen LogP contribution in [-0.4, -0.2) is 25.0 Å². The zero-order valence-corrected chi connectivity index (χ0v) is 10.7. The van der Waals surface area contributed by atoms with Gasteiger partial charge in [0.2, 0.25) is 0 Å². The largest absolute Gasteiger partial charge is 0.244 e. The van der Waals surface area contributed by atoms with E-state index < -0.39 is 0 Å². The fraction of sp³-hybridized carbons (Fsp3) is 0.333. The topological polar surface area (TPSA) is 56.5 Å². The molecule has 2 aromatic rings. The summed E-state index contributed by atoms with van der Waals surface area (Å²) in [5.41, 5.74) is 1.97. The van der Waals surface area contributed by atoms with E-state index in [0.717, 1.165) is 21.3 Å². The van der Waals surface area contributed by atoms with Crippen molar-refractivity contribution < 1.29 is 0 Å². The Kier molecular flexibility index (Phi) is 3.11. The first-order chi connectivity index (χ1) is 7.59. The summed E-state index contributed by atoms with van der Waals surface area (Å²) in [6, 6.07) is 0. The van der Waals surface area contributed by atoms with Gasteiger partial charge in [-0.1, -0.05) is 11.6 Å². The second-order valence-electron chi connectivity index (χ2n) is 3.31. The van der Waals surface area contributed by atoms with E-state index in [2.05, 4.69) is 20.3 Å². The lowest BCUT2D eigenvalue weighted by atomic mass is 10.2. The van der Waals surface area contributed by atoms with Crippen LogP contribution in [0.4, 0.5) is 0 Å². The molecule has 5 nitrogen and oxygen atoms in total. The smallest absolute Gasteiger partial charge is 0.192 e. The molecule has 2 aromatic heterocycles. The van der Waals surface area contributed by atoms with Gasteiger partial charge in [0, 0.05) is 7.05 Å². The second-order valence-corrected chi connectivity index (χ2v) is 4.63. The quantitative estimate of drug-likeness (QED) is 0.822. The van der Waals surface area contributed by atoms with Crippen LogP contribution >= 0.6 is 23.4 Å². The van der Waals surface area contributed by atoms with Gasteiger partial charge in [-0.3, -0.25) is 0 Å². The molecule has 16 heavy (non-hydrogen) atoms.